The Balaban J connectivity index is 0.000000147. The van der Waals surface area contributed by atoms with Crippen molar-refractivity contribution in [2.75, 3.05) is 26.9 Å². The summed E-state index contributed by atoms with van der Waals surface area (Å²) >= 11 is 0. The summed E-state index contributed by atoms with van der Waals surface area (Å²) in [4.78, 5) is 209. The zero-order chi connectivity index (χ0) is 101. The molecule has 38 nitrogen and oxygen atoms in total. The minimum absolute atomic E-state index is 0.00636. The minimum atomic E-state index is -1.07. The van der Waals surface area contributed by atoms with E-state index in [1.165, 1.54) is 7.11 Å². The molecule has 0 aromatic carbocycles. The third kappa shape index (κ3) is 22.1. The number of hydrogen-bond donors (Lipinski definition) is 1. The number of rotatable bonds is 25. The maximum absolute atomic E-state index is 12.4. The van der Waals surface area contributed by atoms with Crippen LogP contribution in [0.2, 0.25) is 0 Å². The second-order valence-electron chi connectivity index (χ2n) is 45.0. The van der Waals surface area contributed by atoms with Crippen LogP contribution in [0.25, 0.3) is 0 Å². The first-order valence-electron chi connectivity index (χ1n) is 48.7. The molecule has 0 aromatic rings. The Morgan fingerprint density at radius 3 is 1.38 bits per heavy atom. The first-order valence-corrected chi connectivity index (χ1v) is 48.7. The van der Waals surface area contributed by atoms with Gasteiger partial charge in [0.25, 0.3) is 0 Å². The molecule has 10 saturated heterocycles. The van der Waals surface area contributed by atoms with E-state index in [1.807, 2.05) is 76.2 Å². The Morgan fingerprint density at radius 2 is 0.847 bits per heavy atom. The van der Waals surface area contributed by atoms with Crippen LogP contribution in [0.4, 0.5) is 0 Å². The van der Waals surface area contributed by atoms with Crippen molar-refractivity contribution in [3.8, 4) is 0 Å². The monoisotopic (exact) mass is 1940 g/mol. The van der Waals surface area contributed by atoms with Gasteiger partial charge in [0, 0.05) is 74.0 Å². The number of hydrogen-bond acceptors (Lipinski definition) is 38. The zero-order valence-electron chi connectivity index (χ0n) is 82.9. The van der Waals surface area contributed by atoms with Crippen LogP contribution in [-0.2, 0) is 176 Å². The Kier molecular flexibility index (Phi) is 31.4. The standard InChI is InChI=1S/C18H24O8.C17H24O6.C16H22O6.C16H24O5.C16H24O4.C15H22O7.CO2/c1-5-18(2,3)17(22)24-7-10(19)25-13-8-6-9-12(11(8)15(20)23-4)16(21)26-14(9)13;1-5-17(3,4)16(20)21-7-11(18)22-13-9-6-10-12(8(9)2)15(19)23-14(10)13;1-4-16(2,3)15(19)20-7-11(17)21-12-8-5-9-10(6-8)14(18)22-13(9)12;1-4-14(2,3)13(18)21-16-6-10-5-15(19,9-16)7-11(8-16)20-12(10)17;1-4-15(2,3)14(18)20-16-7-10-5-11(8-16)13(17)19-12(6-10)9-16;1-6-14(2,3)13(17)20-9-7-8(18-11(9)16)10-12(19-7)22-15(4,5)21-10;2-1-3/h8-9,11-14H,5-7H2,1-4H3;8-10,12-14H,5-7H2,1-4H3;8-10,12-13H,4-7H2,1-3H3;10-11,19H,4-9H2,1-3H3;10-12H,4-9H2,1-3H3;7-10,12H,6H2,1-5H3;. The largest absolute Gasteiger partial charge is 0.469 e. The van der Waals surface area contributed by atoms with Crippen molar-refractivity contribution in [3.05, 3.63) is 0 Å². The molecule has 0 amide bonds. The Labute approximate surface area is 797 Å². The molecule has 30 unspecified atom stereocenters. The molecule has 10 aliphatic carbocycles. The SMILES string of the molecule is CCC(C)(C)C(=O)OC12CC3CC(C1)OC(=O)C(C3)C2.CCC(C)(C)C(=O)OC12CC3CC(O)(CC(C1)C(=O)O3)C2.CCC(C)(C)C(=O)OC1C(=O)OC2C3OC(C)(C)OC3OC12.CCC(C)(C)C(=O)OCC(=O)OC1C2CC3C(=O)OC1C3C2.CCC(C)(C)C(=O)OCC(=O)OC1C2CC3C1OC(=O)C3C2C.CCC(C)(C)C(=O)OCC(=O)OC1C2CC3C1OC(=O)C3C2C(=O)OC.O=C=O. The van der Waals surface area contributed by atoms with E-state index in [4.69, 9.17) is 99.6 Å². The summed E-state index contributed by atoms with van der Waals surface area (Å²) in [5.41, 5.74) is -5.71. The van der Waals surface area contributed by atoms with E-state index < -0.39 is 189 Å². The van der Waals surface area contributed by atoms with Gasteiger partial charge in [0.2, 0.25) is 6.10 Å². The first kappa shape index (κ1) is 107. The molecular formula is C99H140O38. The van der Waals surface area contributed by atoms with E-state index >= 15 is 0 Å². The van der Waals surface area contributed by atoms with Crippen molar-refractivity contribution in [1.82, 2.24) is 0 Å². The summed E-state index contributed by atoms with van der Waals surface area (Å²) in [6.45, 7) is 37.4. The Morgan fingerprint density at radius 1 is 0.409 bits per heavy atom. The van der Waals surface area contributed by atoms with Gasteiger partial charge in [-0.25, -0.2) is 19.2 Å². The van der Waals surface area contributed by atoms with Gasteiger partial charge >= 0.3 is 102 Å². The highest BCUT2D eigenvalue weighted by molar-refractivity contribution is 5.88. The lowest BCUT2D eigenvalue weighted by atomic mass is 9.62. The highest BCUT2D eigenvalue weighted by Gasteiger charge is 2.72. The molecule has 20 fully saturated rings. The number of fused-ring (bicyclic) bond motifs is 8. The summed E-state index contributed by atoms with van der Waals surface area (Å²) in [7, 11) is 1.27. The fraction of sp³-hybridized carbons (Fsp3) is 0.828. The molecule has 0 aromatic heterocycles. The number of methoxy groups -OCH3 is 1. The van der Waals surface area contributed by atoms with Crippen molar-refractivity contribution >= 4 is 102 Å². The van der Waals surface area contributed by atoms with Gasteiger partial charge in [-0.3, -0.25) is 57.5 Å². The lowest BCUT2D eigenvalue weighted by molar-refractivity contribution is -0.217. The van der Waals surface area contributed by atoms with Crippen LogP contribution in [-0.4, -0.2) is 236 Å². The molecule has 137 heavy (non-hydrogen) atoms. The predicted octanol–water partition coefficient (Wildman–Crippen LogP) is 9.37. The molecule has 20 aliphatic rings. The normalized spacial score (nSPS) is 37.0. The van der Waals surface area contributed by atoms with Crippen molar-refractivity contribution < 1.29 is 181 Å². The summed E-state index contributed by atoms with van der Waals surface area (Å²) < 4.78 is 103. The van der Waals surface area contributed by atoms with Crippen molar-refractivity contribution in [1.29, 1.82) is 0 Å². The highest BCUT2D eigenvalue weighted by Crippen LogP contribution is 2.62. The quantitative estimate of drug-likeness (QED) is 0.0656. The lowest BCUT2D eigenvalue weighted by Gasteiger charge is -2.50. The van der Waals surface area contributed by atoms with E-state index in [0.717, 1.165) is 44.9 Å². The molecule has 20 rings (SSSR count). The summed E-state index contributed by atoms with van der Waals surface area (Å²) in [5.74, 6) is -7.69. The summed E-state index contributed by atoms with van der Waals surface area (Å²) in [5, 5.41) is 10.7. The van der Waals surface area contributed by atoms with Gasteiger partial charge in [0.05, 0.1) is 80.7 Å². The van der Waals surface area contributed by atoms with E-state index in [1.54, 1.807) is 69.2 Å². The molecule has 10 heterocycles. The first-order chi connectivity index (χ1) is 63.9. The fourth-order valence-electron chi connectivity index (χ4n) is 22.9. The minimum Gasteiger partial charge on any atom is -0.469 e. The van der Waals surface area contributed by atoms with Crippen molar-refractivity contribution in [3.63, 3.8) is 0 Å². The molecule has 38 heteroatoms. The average Bonchev–Trinajstić information content (AvgIpc) is 1.56. The van der Waals surface area contributed by atoms with Gasteiger partial charge in [0.15, 0.2) is 44.1 Å². The Bertz CT molecular complexity index is 4660. The van der Waals surface area contributed by atoms with Crippen molar-refractivity contribution in [2.24, 2.45) is 115 Å². The van der Waals surface area contributed by atoms with Gasteiger partial charge in [-0.05, 0) is 199 Å². The molecule has 10 aliphatic heterocycles. The summed E-state index contributed by atoms with van der Waals surface area (Å²) in [6, 6.07) is 0. The van der Waals surface area contributed by atoms with Crippen LogP contribution >= 0.6 is 0 Å². The molecular weight excluding hydrogens is 1800 g/mol. The number of carbonyl (C=O) groups is 16. The summed E-state index contributed by atoms with van der Waals surface area (Å²) in [6.07, 6.45) is 7.12. The van der Waals surface area contributed by atoms with Gasteiger partial charge < -0.3 is 95.1 Å². The topological polar surface area (TPSA) is 503 Å². The second-order valence-corrected chi connectivity index (χ2v) is 45.0. The van der Waals surface area contributed by atoms with E-state index in [0.29, 0.717) is 89.4 Å². The third-order valence-corrected chi connectivity index (χ3v) is 32.8. The number of aliphatic hydroxyl groups is 1. The lowest BCUT2D eigenvalue weighted by Crippen LogP contribution is -2.57. The van der Waals surface area contributed by atoms with Crippen molar-refractivity contribution in [2.45, 2.75) is 376 Å². The molecule has 10 saturated carbocycles. The van der Waals surface area contributed by atoms with Gasteiger partial charge in [-0.15, -0.1) is 0 Å². The average molecular weight is 1940 g/mol. The van der Waals surface area contributed by atoms with Crippen LogP contribution in [0.1, 0.15) is 274 Å². The molecule has 14 bridgehead atoms. The predicted molar refractivity (Wildman–Crippen MR) is 464 cm³/mol. The maximum Gasteiger partial charge on any atom is 0.373 e. The maximum atomic E-state index is 12.4. The zero-order valence-corrected chi connectivity index (χ0v) is 82.9. The number of esters is 16. The molecule has 0 spiro atoms. The molecule has 0 radical (unpaired) electrons. The molecule has 30 atom stereocenters. The smallest absolute Gasteiger partial charge is 0.373 e. The van der Waals surface area contributed by atoms with Crippen LogP contribution in [0, 0.1) is 115 Å². The van der Waals surface area contributed by atoms with Gasteiger partial charge in [0.1, 0.15) is 66.1 Å². The van der Waals surface area contributed by atoms with Gasteiger partial charge in [-0.2, -0.15) is 9.59 Å². The van der Waals surface area contributed by atoms with Crippen LogP contribution in [0.15, 0.2) is 0 Å². The second kappa shape index (κ2) is 40.4. The number of carbonyl (C=O) groups excluding carboxylic acids is 18. The Hall–Kier alpha value is -9.26. The van der Waals surface area contributed by atoms with E-state index in [9.17, 15) is 81.8 Å². The fourth-order valence-corrected chi connectivity index (χ4v) is 22.9. The van der Waals surface area contributed by atoms with Crippen LogP contribution in [0.5, 0.6) is 0 Å². The van der Waals surface area contributed by atoms with Gasteiger partial charge in [-0.1, -0.05) is 48.5 Å². The molecule has 764 valence electrons. The molecule has 1 N–H and O–H groups in total. The van der Waals surface area contributed by atoms with Crippen LogP contribution < -0.4 is 0 Å². The number of ether oxygens (including phenoxy) is 19. The van der Waals surface area contributed by atoms with Crippen LogP contribution in [0.3, 0.4) is 0 Å². The highest BCUT2D eigenvalue weighted by atomic mass is 16.9. The third-order valence-electron chi connectivity index (χ3n) is 32.8. The van der Waals surface area contributed by atoms with E-state index in [2.05, 4.69) is 0 Å². The van der Waals surface area contributed by atoms with E-state index in [-0.39, 0.29) is 144 Å².